The third-order valence-corrected chi connectivity index (χ3v) is 2.73. The molecule has 1 N–H and O–H groups in total. The van der Waals surface area contributed by atoms with Crippen LogP contribution in [0.25, 0.3) is 0 Å². The van der Waals surface area contributed by atoms with Gasteiger partial charge in [-0.3, -0.25) is 0 Å². The highest BCUT2D eigenvalue weighted by atomic mass is 16.5. The summed E-state index contributed by atoms with van der Waals surface area (Å²) in [4.78, 5) is 0. The van der Waals surface area contributed by atoms with E-state index in [9.17, 15) is 0 Å². The highest BCUT2D eigenvalue weighted by Crippen LogP contribution is 2.07. The Hall–Kier alpha value is -0.0800. The molecular weight excluding hydrogens is 186 g/mol. The van der Waals surface area contributed by atoms with E-state index in [2.05, 4.69) is 26.1 Å². The van der Waals surface area contributed by atoms with Gasteiger partial charge in [-0.15, -0.1) is 0 Å². The van der Waals surface area contributed by atoms with Crippen LogP contribution in [0.2, 0.25) is 0 Å². The largest absolute Gasteiger partial charge is 0.383 e. The summed E-state index contributed by atoms with van der Waals surface area (Å²) >= 11 is 0. The van der Waals surface area contributed by atoms with Crippen LogP contribution in [0.15, 0.2) is 0 Å². The number of unbranched alkanes of at least 4 members (excludes halogenated alkanes) is 4. The number of hydrogen-bond donors (Lipinski definition) is 1. The van der Waals surface area contributed by atoms with Crippen molar-refractivity contribution in [2.24, 2.45) is 0 Å². The van der Waals surface area contributed by atoms with Gasteiger partial charge in [0, 0.05) is 19.2 Å². The first-order valence-corrected chi connectivity index (χ1v) is 6.45. The maximum absolute atomic E-state index is 5.10. The molecule has 92 valence electrons. The fourth-order valence-corrected chi connectivity index (χ4v) is 1.92. The van der Waals surface area contributed by atoms with Crippen molar-refractivity contribution >= 4 is 0 Å². The van der Waals surface area contributed by atoms with Crippen LogP contribution in [-0.4, -0.2) is 25.8 Å². The van der Waals surface area contributed by atoms with Crippen LogP contribution < -0.4 is 5.32 Å². The molecule has 0 aliphatic heterocycles. The topological polar surface area (TPSA) is 21.3 Å². The van der Waals surface area contributed by atoms with Gasteiger partial charge in [-0.1, -0.05) is 39.0 Å². The Morgan fingerprint density at radius 1 is 1.00 bits per heavy atom. The van der Waals surface area contributed by atoms with Gasteiger partial charge < -0.3 is 10.1 Å². The molecule has 0 aromatic rings. The minimum absolute atomic E-state index is 0.473. The van der Waals surface area contributed by atoms with Crippen LogP contribution in [0.3, 0.4) is 0 Å². The number of hydrogen-bond acceptors (Lipinski definition) is 2. The van der Waals surface area contributed by atoms with Gasteiger partial charge in [-0.05, 0) is 20.3 Å². The number of nitrogens with one attached hydrogen (secondary N) is 1. The Bertz CT molecular complexity index is 128. The standard InChI is InChI=1S/C13H29NO/c1-5-6-7-8-9-10-12(2)14-13(3)11-15-4/h12-14H,5-11H2,1-4H3/t12-,13+/m1/s1. The van der Waals surface area contributed by atoms with E-state index in [1.54, 1.807) is 7.11 Å². The second-order valence-corrected chi connectivity index (χ2v) is 4.63. The van der Waals surface area contributed by atoms with E-state index in [4.69, 9.17) is 4.74 Å². The molecule has 0 radical (unpaired) electrons. The second kappa shape index (κ2) is 10.4. The molecule has 0 spiro atoms. The Kier molecular flexibility index (Phi) is 10.4. The van der Waals surface area contributed by atoms with E-state index in [0.29, 0.717) is 12.1 Å². The summed E-state index contributed by atoms with van der Waals surface area (Å²) in [6.45, 7) is 7.51. The van der Waals surface area contributed by atoms with Crippen LogP contribution in [0, 0.1) is 0 Å². The third kappa shape index (κ3) is 10.2. The van der Waals surface area contributed by atoms with E-state index in [1.807, 2.05) is 0 Å². The second-order valence-electron chi connectivity index (χ2n) is 4.63. The summed E-state index contributed by atoms with van der Waals surface area (Å²) in [6, 6.07) is 1.09. The average Bonchev–Trinajstić information content (AvgIpc) is 2.17. The monoisotopic (exact) mass is 215 g/mol. The van der Waals surface area contributed by atoms with Gasteiger partial charge >= 0.3 is 0 Å². The van der Waals surface area contributed by atoms with Crippen LogP contribution >= 0.6 is 0 Å². The summed E-state index contributed by atoms with van der Waals surface area (Å²) < 4.78 is 5.10. The molecule has 0 aromatic heterocycles. The molecule has 0 amide bonds. The van der Waals surface area contributed by atoms with Crippen molar-refractivity contribution in [3.05, 3.63) is 0 Å². The normalized spacial score (nSPS) is 15.2. The number of rotatable bonds is 10. The Morgan fingerprint density at radius 3 is 2.27 bits per heavy atom. The van der Waals surface area contributed by atoms with Gasteiger partial charge in [0.2, 0.25) is 0 Å². The Labute approximate surface area is 95.8 Å². The molecule has 0 aliphatic carbocycles. The molecule has 0 saturated heterocycles. The summed E-state index contributed by atoms with van der Waals surface area (Å²) in [7, 11) is 1.76. The van der Waals surface area contributed by atoms with Crippen LogP contribution in [0.5, 0.6) is 0 Å². The minimum atomic E-state index is 0.473. The maximum Gasteiger partial charge on any atom is 0.0613 e. The van der Waals surface area contributed by atoms with E-state index in [0.717, 1.165) is 6.61 Å². The van der Waals surface area contributed by atoms with Crippen molar-refractivity contribution in [1.29, 1.82) is 0 Å². The average molecular weight is 215 g/mol. The van der Waals surface area contributed by atoms with Crippen molar-refractivity contribution in [3.8, 4) is 0 Å². The van der Waals surface area contributed by atoms with Gasteiger partial charge in [0.1, 0.15) is 0 Å². The van der Waals surface area contributed by atoms with Crippen molar-refractivity contribution in [2.45, 2.75) is 71.4 Å². The molecule has 0 rings (SSSR count). The first-order valence-electron chi connectivity index (χ1n) is 6.45. The Balaban J connectivity index is 3.28. The van der Waals surface area contributed by atoms with E-state index < -0.39 is 0 Å². The van der Waals surface area contributed by atoms with E-state index >= 15 is 0 Å². The summed E-state index contributed by atoms with van der Waals surface area (Å²) in [6.07, 6.45) is 8.15. The van der Waals surface area contributed by atoms with Crippen LogP contribution in [-0.2, 0) is 4.74 Å². The molecule has 2 atom stereocenters. The summed E-state index contributed by atoms with van der Waals surface area (Å²) in [5.74, 6) is 0. The molecule has 0 fully saturated rings. The highest BCUT2D eigenvalue weighted by Gasteiger charge is 2.06. The van der Waals surface area contributed by atoms with Gasteiger partial charge in [0.15, 0.2) is 0 Å². The van der Waals surface area contributed by atoms with Gasteiger partial charge in [-0.25, -0.2) is 0 Å². The maximum atomic E-state index is 5.10. The van der Waals surface area contributed by atoms with Crippen molar-refractivity contribution in [2.75, 3.05) is 13.7 Å². The lowest BCUT2D eigenvalue weighted by atomic mass is 10.1. The highest BCUT2D eigenvalue weighted by molar-refractivity contribution is 4.66. The Morgan fingerprint density at radius 2 is 1.67 bits per heavy atom. The SMILES string of the molecule is CCCCCCC[C@@H](C)N[C@@H](C)COC. The zero-order valence-electron chi connectivity index (χ0n) is 11.0. The van der Waals surface area contributed by atoms with E-state index in [1.165, 1.54) is 38.5 Å². The molecule has 0 aromatic carbocycles. The fraction of sp³-hybridized carbons (Fsp3) is 1.00. The fourth-order valence-electron chi connectivity index (χ4n) is 1.92. The minimum Gasteiger partial charge on any atom is -0.383 e. The van der Waals surface area contributed by atoms with Gasteiger partial charge in [0.05, 0.1) is 6.61 Å². The van der Waals surface area contributed by atoms with Crippen molar-refractivity contribution in [3.63, 3.8) is 0 Å². The van der Waals surface area contributed by atoms with Crippen LogP contribution in [0.1, 0.15) is 59.3 Å². The molecule has 0 unspecified atom stereocenters. The molecular formula is C13H29NO. The lowest BCUT2D eigenvalue weighted by Crippen LogP contribution is -2.37. The molecule has 0 heterocycles. The molecule has 15 heavy (non-hydrogen) atoms. The first-order chi connectivity index (χ1) is 7.20. The quantitative estimate of drug-likeness (QED) is 0.564. The molecule has 0 aliphatic rings. The molecule has 2 heteroatoms. The number of ether oxygens (including phenoxy) is 1. The smallest absolute Gasteiger partial charge is 0.0613 e. The molecule has 0 bridgehead atoms. The first kappa shape index (κ1) is 14.9. The van der Waals surface area contributed by atoms with Gasteiger partial charge in [-0.2, -0.15) is 0 Å². The summed E-state index contributed by atoms with van der Waals surface area (Å²) in [5, 5.41) is 3.55. The van der Waals surface area contributed by atoms with Crippen molar-refractivity contribution in [1.82, 2.24) is 5.32 Å². The lowest BCUT2D eigenvalue weighted by Gasteiger charge is -2.19. The predicted octanol–water partition coefficient (Wildman–Crippen LogP) is 3.36. The number of methoxy groups -OCH3 is 1. The third-order valence-electron chi connectivity index (χ3n) is 2.73. The predicted molar refractivity (Wildman–Crippen MR) is 67.3 cm³/mol. The molecule has 2 nitrogen and oxygen atoms in total. The molecule has 0 saturated carbocycles. The van der Waals surface area contributed by atoms with E-state index in [-0.39, 0.29) is 0 Å². The zero-order valence-corrected chi connectivity index (χ0v) is 11.0. The van der Waals surface area contributed by atoms with Crippen LogP contribution in [0.4, 0.5) is 0 Å². The van der Waals surface area contributed by atoms with Gasteiger partial charge in [0.25, 0.3) is 0 Å². The zero-order chi connectivity index (χ0) is 11.5. The van der Waals surface area contributed by atoms with Crippen molar-refractivity contribution < 1.29 is 4.74 Å². The lowest BCUT2D eigenvalue weighted by molar-refractivity contribution is 0.166. The summed E-state index contributed by atoms with van der Waals surface area (Å²) in [5.41, 5.74) is 0.